The minimum Gasteiger partial charge on any atom is -0.473 e. The number of carbonyl (C=O) groups is 2. The Bertz CT molecular complexity index is 788. The molecule has 3 rings (SSSR count). The van der Waals surface area contributed by atoms with Crippen molar-refractivity contribution in [1.82, 2.24) is 10.3 Å². The van der Waals surface area contributed by atoms with Crippen LogP contribution in [0.4, 0.5) is 0 Å². The van der Waals surface area contributed by atoms with Gasteiger partial charge in [-0.05, 0) is 37.2 Å². The normalized spacial score (nSPS) is 10.3. The third kappa shape index (κ3) is 6.87. The fourth-order valence-corrected chi connectivity index (χ4v) is 3.97. The van der Waals surface area contributed by atoms with Crippen LogP contribution in [-0.4, -0.2) is 39.4 Å². The van der Waals surface area contributed by atoms with E-state index in [2.05, 4.69) is 28.5 Å². The van der Waals surface area contributed by atoms with Crippen LogP contribution in [0, 0.1) is 0 Å². The molecule has 0 atom stereocenters. The van der Waals surface area contributed by atoms with Gasteiger partial charge in [-0.3, -0.25) is 0 Å². The number of thiazole rings is 1. The van der Waals surface area contributed by atoms with Gasteiger partial charge in [0, 0.05) is 5.75 Å². The molecule has 0 fully saturated rings. The summed E-state index contributed by atoms with van der Waals surface area (Å²) in [5.74, 6) is -1.57. The Morgan fingerprint density at radius 3 is 2.58 bits per heavy atom. The van der Waals surface area contributed by atoms with Crippen LogP contribution >= 0.6 is 23.1 Å². The lowest BCUT2D eigenvalue weighted by Gasteiger charge is -2.01. The first kappa shape index (κ1) is 20.0. The average Bonchev–Trinajstić information content (AvgIpc) is 3.27. The smallest absolute Gasteiger partial charge is 0.414 e. The fourth-order valence-electron chi connectivity index (χ4n) is 1.89. The van der Waals surface area contributed by atoms with Crippen molar-refractivity contribution < 1.29 is 24.2 Å². The van der Waals surface area contributed by atoms with Crippen molar-refractivity contribution in [1.29, 1.82) is 0 Å². The third-order valence-corrected chi connectivity index (χ3v) is 5.33. The Balaban J connectivity index is 0.000000352. The van der Waals surface area contributed by atoms with Gasteiger partial charge in [0.15, 0.2) is 4.34 Å². The number of aliphatic carboxylic acids is 2. The third-order valence-electron chi connectivity index (χ3n) is 3.06. The van der Waals surface area contributed by atoms with Gasteiger partial charge in [-0.1, -0.05) is 23.9 Å². The Labute approximate surface area is 158 Å². The van der Waals surface area contributed by atoms with Crippen LogP contribution in [0.3, 0.4) is 0 Å². The maximum absolute atomic E-state index is 9.10. The molecule has 0 aliphatic rings. The van der Waals surface area contributed by atoms with Crippen molar-refractivity contribution in [3.05, 3.63) is 48.4 Å². The van der Waals surface area contributed by atoms with Crippen LogP contribution in [0.15, 0.2) is 51.4 Å². The van der Waals surface area contributed by atoms with Crippen molar-refractivity contribution in [2.75, 3.05) is 12.3 Å². The zero-order valence-corrected chi connectivity index (χ0v) is 15.4. The van der Waals surface area contributed by atoms with E-state index in [9.17, 15) is 0 Å². The van der Waals surface area contributed by atoms with Crippen LogP contribution < -0.4 is 5.32 Å². The average molecular weight is 394 g/mol. The number of hydrogen-bond donors (Lipinski definition) is 3. The van der Waals surface area contributed by atoms with E-state index >= 15 is 0 Å². The number of thioether (sulfide) groups is 1. The number of benzene rings is 1. The SMILES string of the molecule is O=C(O)C(=O)O.c1coc(CNCCCSc2nc3ccccc3s2)c1. The van der Waals surface area contributed by atoms with Gasteiger partial charge in [0.2, 0.25) is 0 Å². The summed E-state index contributed by atoms with van der Waals surface area (Å²) in [7, 11) is 0. The number of hydrogen-bond acceptors (Lipinski definition) is 7. The molecule has 0 amide bonds. The van der Waals surface area contributed by atoms with E-state index in [1.54, 1.807) is 17.6 Å². The van der Waals surface area contributed by atoms with E-state index in [1.807, 2.05) is 30.0 Å². The molecule has 0 unspecified atom stereocenters. The summed E-state index contributed by atoms with van der Waals surface area (Å²) in [6.45, 7) is 1.80. The largest absolute Gasteiger partial charge is 0.473 e. The van der Waals surface area contributed by atoms with E-state index < -0.39 is 11.9 Å². The lowest BCUT2D eigenvalue weighted by Crippen LogP contribution is -2.14. The Hall–Kier alpha value is -2.36. The Morgan fingerprint density at radius 2 is 1.92 bits per heavy atom. The molecule has 1 aromatic carbocycles. The summed E-state index contributed by atoms with van der Waals surface area (Å²) >= 11 is 3.61. The number of rotatable bonds is 7. The molecule has 0 radical (unpaired) electrons. The fraction of sp³-hybridized carbons (Fsp3) is 0.235. The summed E-state index contributed by atoms with van der Waals surface area (Å²) in [6.07, 6.45) is 2.83. The first-order valence-corrected chi connectivity index (χ1v) is 9.54. The monoisotopic (exact) mass is 394 g/mol. The summed E-state index contributed by atoms with van der Waals surface area (Å²) in [6, 6.07) is 12.2. The summed E-state index contributed by atoms with van der Waals surface area (Å²) in [4.78, 5) is 22.8. The lowest BCUT2D eigenvalue weighted by molar-refractivity contribution is -0.159. The number of fused-ring (bicyclic) bond motifs is 1. The molecule has 0 bridgehead atoms. The van der Waals surface area contributed by atoms with Crippen LogP contribution in [-0.2, 0) is 16.1 Å². The minimum absolute atomic E-state index is 0.804. The molecular formula is C17H18N2O5S2. The summed E-state index contributed by atoms with van der Waals surface area (Å²) in [5, 5.41) is 18.2. The molecule has 3 aromatic rings. The van der Waals surface area contributed by atoms with E-state index in [4.69, 9.17) is 24.2 Å². The van der Waals surface area contributed by atoms with Crippen LogP contribution in [0.5, 0.6) is 0 Å². The Kier molecular flexibility index (Phi) is 8.13. The van der Waals surface area contributed by atoms with Gasteiger partial charge in [0.1, 0.15) is 5.76 Å². The molecule has 2 aromatic heterocycles. The second-order valence-electron chi connectivity index (χ2n) is 5.02. The summed E-state index contributed by atoms with van der Waals surface area (Å²) < 4.78 is 7.70. The van der Waals surface area contributed by atoms with E-state index in [-0.39, 0.29) is 0 Å². The van der Waals surface area contributed by atoms with Gasteiger partial charge in [0.05, 0.1) is 23.0 Å². The van der Waals surface area contributed by atoms with E-state index in [0.29, 0.717) is 0 Å². The first-order chi connectivity index (χ1) is 12.6. The van der Waals surface area contributed by atoms with Crippen molar-refractivity contribution in [3.8, 4) is 0 Å². The molecule has 0 saturated carbocycles. The topological polar surface area (TPSA) is 113 Å². The number of para-hydroxylation sites is 1. The van der Waals surface area contributed by atoms with Gasteiger partial charge in [0.25, 0.3) is 0 Å². The number of aromatic nitrogens is 1. The molecule has 26 heavy (non-hydrogen) atoms. The van der Waals surface area contributed by atoms with Crippen molar-refractivity contribution in [3.63, 3.8) is 0 Å². The number of nitrogens with zero attached hydrogens (tertiary/aromatic N) is 1. The van der Waals surface area contributed by atoms with Crippen molar-refractivity contribution in [2.45, 2.75) is 17.3 Å². The van der Waals surface area contributed by atoms with Crippen LogP contribution in [0.2, 0.25) is 0 Å². The van der Waals surface area contributed by atoms with E-state index in [0.717, 1.165) is 40.9 Å². The van der Waals surface area contributed by atoms with Crippen molar-refractivity contribution >= 4 is 45.3 Å². The molecule has 3 N–H and O–H groups in total. The highest BCUT2D eigenvalue weighted by Gasteiger charge is 2.04. The quantitative estimate of drug-likeness (QED) is 0.318. The second kappa shape index (κ2) is 10.6. The predicted octanol–water partition coefficient (Wildman–Crippen LogP) is 3.32. The Morgan fingerprint density at radius 1 is 1.15 bits per heavy atom. The first-order valence-electron chi connectivity index (χ1n) is 7.74. The molecule has 138 valence electrons. The predicted molar refractivity (Wildman–Crippen MR) is 101 cm³/mol. The molecule has 0 saturated heterocycles. The number of carboxylic acids is 2. The van der Waals surface area contributed by atoms with Gasteiger partial charge in [-0.25, -0.2) is 14.6 Å². The van der Waals surface area contributed by atoms with Gasteiger partial charge in [-0.2, -0.15) is 0 Å². The highest BCUT2D eigenvalue weighted by atomic mass is 32.2. The lowest BCUT2D eigenvalue weighted by atomic mass is 10.3. The van der Waals surface area contributed by atoms with E-state index in [1.165, 1.54) is 4.70 Å². The highest BCUT2D eigenvalue weighted by molar-refractivity contribution is 8.01. The molecule has 7 nitrogen and oxygen atoms in total. The van der Waals surface area contributed by atoms with Gasteiger partial charge in [-0.15, -0.1) is 11.3 Å². The maximum Gasteiger partial charge on any atom is 0.414 e. The second-order valence-corrected chi connectivity index (χ2v) is 7.39. The van der Waals surface area contributed by atoms with Crippen molar-refractivity contribution in [2.24, 2.45) is 0 Å². The molecule has 0 spiro atoms. The number of carboxylic acid groups (broad SMARTS) is 2. The zero-order valence-electron chi connectivity index (χ0n) is 13.8. The summed E-state index contributed by atoms with van der Waals surface area (Å²) in [5.41, 5.74) is 1.11. The number of nitrogens with one attached hydrogen (secondary N) is 1. The molecular weight excluding hydrogens is 376 g/mol. The van der Waals surface area contributed by atoms with Crippen LogP contribution in [0.1, 0.15) is 12.2 Å². The minimum atomic E-state index is -1.82. The number of furan rings is 1. The van der Waals surface area contributed by atoms with Crippen LogP contribution in [0.25, 0.3) is 10.2 Å². The molecule has 0 aliphatic carbocycles. The zero-order chi connectivity index (χ0) is 18.8. The standard InChI is InChI=1S/C15H16N2OS2.C2H2O4/c1-2-7-14-13(6-1)17-15(20-14)19-10-4-8-16-11-12-5-3-9-18-12;3-1(4)2(5)6/h1-3,5-7,9,16H,4,8,10-11H2;(H,3,4)(H,5,6). The van der Waals surface area contributed by atoms with Gasteiger partial charge >= 0.3 is 11.9 Å². The highest BCUT2D eigenvalue weighted by Crippen LogP contribution is 2.29. The maximum atomic E-state index is 9.10. The molecule has 2 heterocycles. The molecule has 0 aliphatic heterocycles. The molecule has 9 heteroatoms. The van der Waals surface area contributed by atoms with Gasteiger partial charge < -0.3 is 19.9 Å².